The summed E-state index contributed by atoms with van der Waals surface area (Å²) < 4.78 is 0. The Kier molecular flexibility index (Phi) is 4.57. The summed E-state index contributed by atoms with van der Waals surface area (Å²) in [4.78, 5) is 2.44. The average molecular weight is 257 g/mol. The van der Waals surface area contributed by atoms with E-state index in [1.165, 1.54) is 12.8 Å². The van der Waals surface area contributed by atoms with Crippen LogP contribution in [0.5, 0.6) is 0 Å². The number of hydrogen-bond donors (Lipinski definition) is 1. The highest BCUT2D eigenvalue weighted by atomic mass is 15.1. The van der Waals surface area contributed by atoms with E-state index in [1.807, 2.05) is 30.3 Å². The summed E-state index contributed by atoms with van der Waals surface area (Å²) in [5.41, 5.74) is 6.34. The predicted molar refractivity (Wildman–Crippen MR) is 77.4 cm³/mol. The van der Waals surface area contributed by atoms with E-state index in [9.17, 15) is 5.26 Å². The average Bonchev–Trinajstić information content (AvgIpc) is 2.46. The molecule has 1 aliphatic heterocycles. The molecule has 102 valence electrons. The first-order valence-electron chi connectivity index (χ1n) is 7.12. The number of nitriles is 1. The fourth-order valence-electron chi connectivity index (χ4n) is 2.82. The molecule has 2 unspecified atom stereocenters. The van der Waals surface area contributed by atoms with Crippen molar-refractivity contribution in [2.45, 2.75) is 31.7 Å². The zero-order valence-corrected chi connectivity index (χ0v) is 11.7. The Balaban J connectivity index is 1.98. The number of benzene rings is 1. The SMILES string of the molecule is CC1CCCN(CCC(N)(C#N)c2ccccc2)C1. The maximum Gasteiger partial charge on any atom is 0.131 e. The van der Waals surface area contributed by atoms with Crippen molar-refractivity contribution >= 4 is 0 Å². The zero-order chi connectivity index (χ0) is 13.7. The molecule has 1 fully saturated rings. The molecule has 0 aliphatic carbocycles. The number of nitrogens with two attached hydrogens (primary N) is 1. The molecule has 0 aromatic heterocycles. The van der Waals surface area contributed by atoms with Crippen LogP contribution in [0.4, 0.5) is 0 Å². The first kappa shape index (κ1) is 14.0. The van der Waals surface area contributed by atoms with Crippen LogP contribution in [0.2, 0.25) is 0 Å². The van der Waals surface area contributed by atoms with Gasteiger partial charge in [0, 0.05) is 13.1 Å². The van der Waals surface area contributed by atoms with Gasteiger partial charge in [0.1, 0.15) is 5.54 Å². The lowest BCUT2D eigenvalue weighted by Gasteiger charge is -2.33. The summed E-state index contributed by atoms with van der Waals surface area (Å²) in [6.45, 7) is 5.48. The molecular formula is C16H23N3. The minimum Gasteiger partial charge on any atom is -0.310 e. The Hall–Kier alpha value is -1.37. The van der Waals surface area contributed by atoms with Crippen LogP contribution in [0, 0.1) is 17.2 Å². The number of nitrogens with zero attached hydrogens (tertiary/aromatic N) is 2. The summed E-state index contributed by atoms with van der Waals surface area (Å²) in [6.07, 6.45) is 3.28. The molecule has 0 spiro atoms. The summed E-state index contributed by atoms with van der Waals surface area (Å²) in [7, 11) is 0. The maximum atomic E-state index is 9.43. The molecule has 1 aromatic rings. The third kappa shape index (κ3) is 3.56. The molecule has 0 bridgehead atoms. The van der Waals surface area contributed by atoms with Gasteiger partial charge in [0.05, 0.1) is 6.07 Å². The van der Waals surface area contributed by atoms with Gasteiger partial charge in [-0.2, -0.15) is 5.26 Å². The van der Waals surface area contributed by atoms with Gasteiger partial charge in [-0.3, -0.25) is 0 Å². The molecule has 19 heavy (non-hydrogen) atoms. The van der Waals surface area contributed by atoms with Gasteiger partial charge in [0.25, 0.3) is 0 Å². The molecule has 0 saturated carbocycles. The molecule has 1 aliphatic rings. The molecule has 2 rings (SSSR count). The zero-order valence-electron chi connectivity index (χ0n) is 11.7. The van der Waals surface area contributed by atoms with Crippen LogP contribution in [0.3, 0.4) is 0 Å². The Morgan fingerprint density at radius 1 is 1.42 bits per heavy atom. The number of likely N-dealkylation sites (tertiary alicyclic amines) is 1. The van der Waals surface area contributed by atoms with Crippen LogP contribution in [-0.4, -0.2) is 24.5 Å². The lowest BCUT2D eigenvalue weighted by molar-refractivity contribution is 0.173. The van der Waals surface area contributed by atoms with Crippen molar-refractivity contribution in [3.8, 4) is 6.07 Å². The van der Waals surface area contributed by atoms with Gasteiger partial charge in [0.15, 0.2) is 0 Å². The Morgan fingerprint density at radius 3 is 2.79 bits per heavy atom. The smallest absolute Gasteiger partial charge is 0.131 e. The van der Waals surface area contributed by atoms with E-state index < -0.39 is 5.54 Å². The molecule has 1 heterocycles. The Labute approximate surface area is 116 Å². The molecule has 3 nitrogen and oxygen atoms in total. The Bertz CT molecular complexity index is 437. The minimum atomic E-state index is -0.859. The van der Waals surface area contributed by atoms with Crippen molar-refractivity contribution in [3.63, 3.8) is 0 Å². The van der Waals surface area contributed by atoms with Gasteiger partial charge in [0.2, 0.25) is 0 Å². The minimum absolute atomic E-state index is 0.695. The first-order valence-corrected chi connectivity index (χ1v) is 7.12. The van der Waals surface area contributed by atoms with Crippen molar-refractivity contribution < 1.29 is 0 Å². The normalized spacial score (nSPS) is 23.5. The van der Waals surface area contributed by atoms with E-state index in [1.54, 1.807) is 0 Å². The van der Waals surface area contributed by atoms with E-state index in [-0.39, 0.29) is 0 Å². The summed E-state index contributed by atoms with van der Waals surface area (Å²) in [5, 5.41) is 9.43. The largest absolute Gasteiger partial charge is 0.310 e. The van der Waals surface area contributed by atoms with E-state index in [4.69, 9.17) is 5.73 Å². The highest BCUT2D eigenvalue weighted by Crippen LogP contribution is 2.23. The molecule has 0 amide bonds. The van der Waals surface area contributed by atoms with Crippen LogP contribution in [0.25, 0.3) is 0 Å². The van der Waals surface area contributed by atoms with Gasteiger partial charge in [-0.25, -0.2) is 0 Å². The number of hydrogen-bond acceptors (Lipinski definition) is 3. The maximum absolute atomic E-state index is 9.43. The van der Waals surface area contributed by atoms with Crippen LogP contribution >= 0.6 is 0 Å². The Morgan fingerprint density at radius 2 is 2.16 bits per heavy atom. The molecule has 1 saturated heterocycles. The second-order valence-corrected chi connectivity index (χ2v) is 5.75. The standard InChI is InChI=1S/C16H23N3/c1-14-6-5-10-19(12-14)11-9-16(18,13-17)15-7-3-2-4-8-15/h2-4,7-8,14H,5-6,9-12,18H2,1H3. The van der Waals surface area contributed by atoms with Crippen molar-refractivity contribution in [1.82, 2.24) is 4.90 Å². The van der Waals surface area contributed by atoms with Gasteiger partial charge in [-0.15, -0.1) is 0 Å². The topological polar surface area (TPSA) is 53.0 Å². The van der Waals surface area contributed by atoms with Crippen LogP contribution in [-0.2, 0) is 5.54 Å². The lowest BCUT2D eigenvalue weighted by Crippen LogP contribution is -2.42. The van der Waals surface area contributed by atoms with Crippen LogP contribution in [0.1, 0.15) is 31.7 Å². The van der Waals surface area contributed by atoms with Crippen molar-refractivity contribution in [2.75, 3.05) is 19.6 Å². The van der Waals surface area contributed by atoms with Gasteiger partial charge < -0.3 is 10.6 Å². The highest BCUT2D eigenvalue weighted by molar-refractivity contribution is 5.30. The van der Waals surface area contributed by atoms with E-state index >= 15 is 0 Å². The predicted octanol–water partition coefficient (Wildman–Crippen LogP) is 2.49. The lowest BCUT2D eigenvalue weighted by atomic mass is 9.88. The second kappa shape index (κ2) is 6.18. The monoisotopic (exact) mass is 257 g/mol. The molecule has 2 atom stereocenters. The number of piperidine rings is 1. The third-order valence-corrected chi connectivity index (χ3v) is 4.05. The first-order chi connectivity index (χ1) is 9.14. The van der Waals surface area contributed by atoms with Gasteiger partial charge in [-0.05, 0) is 37.3 Å². The van der Waals surface area contributed by atoms with Gasteiger partial charge >= 0.3 is 0 Å². The quantitative estimate of drug-likeness (QED) is 0.901. The molecular weight excluding hydrogens is 234 g/mol. The molecule has 2 N–H and O–H groups in total. The fourth-order valence-corrected chi connectivity index (χ4v) is 2.82. The second-order valence-electron chi connectivity index (χ2n) is 5.75. The molecule has 1 aromatic carbocycles. The van der Waals surface area contributed by atoms with Crippen molar-refractivity contribution in [2.24, 2.45) is 11.7 Å². The van der Waals surface area contributed by atoms with Gasteiger partial charge in [-0.1, -0.05) is 37.3 Å². The molecule has 0 radical (unpaired) electrons. The highest BCUT2D eigenvalue weighted by Gasteiger charge is 2.28. The van der Waals surface area contributed by atoms with E-state index in [2.05, 4.69) is 17.9 Å². The fraction of sp³-hybridized carbons (Fsp3) is 0.562. The summed E-state index contributed by atoms with van der Waals surface area (Å²) in [5.74, 6) is 0.764. The van der Waals surface area contributed by atoms with Crippen LogP contribution in [0.15, 0.2) is 30.3 Å². The molecule has 3 heteroatoms. The summed E-state index contributed by atoms with van der Waals surface area (Å²) in [6, 6.07) is 12.0. The summed E-state index contributed by atoms with van der Waals surface area (Å²) >= 11 is 0. The third-order valence-electron chi connectivity index (χ3n) is 4.05. The number of rotatable bonds is 4. The van der Waals surface area contributed by atoms with Crippen LogP contribution < -0.4 is 5.73 Å². The van der Waals surface area contributed by atoms with Crippen molar-refractivity contribution in [1.29, 1.82) is 5.26 Å². The van der Waals surface area contributed by atoms with Crippen molar-refractivity contribution in [3.05, 3.63) is 35.9 Å². The van der Waals surface area contributed by atoms with E-state index in [0.29, 0.717) is 6.42 Å². The van der Waals surface area contributed by atoms with E-state index in [0.717, 1.165) is 31.1 Å².